The molecule has 1 atom stereocenters. The van der Waals surface area contributed by atoms with Crippen molar-refractivity contribution in [2.45, 2.75) is 6.29 Å². The van der Waals surface area contributed by atoms with E-state index in [4.69, 9.17) is 13.9 Å². The van der Waals surface area contributed by atoms with Crippen LogP contribution in [0.2, 0.25) is 0 Å². The number of methoxy groups -OCH3 is 1. The second-order valence-corrected chi connectivity index (χ2v) is 5.31. The number of hydrogen-bond acceptors (Lipinski definition) is 7. The quantitative estimate of drug-likeness (QED) is 0.628. The number of fused-ring (bicyclic) bond motifs is 4. The lowest BCUT2D eigenvalue weighted by Gasteiger charge is -2.24. The summed E-state index contributed by atoms with van der Waals surface area (Å²) in [5, 5.41) is 30.2. The van der Waals surface area contributed by atoms with Crippen LogP contribution in [-0.4, -0.2) is 22.4 Å². The van der Waals surface area contributed by atoms with Crippen LogP contribution in [0, 0.1) is 0 Å². The van der Waals surface area contributed by atoms with E-state index < -0.39 is 11.7 Å². The maximum Gasteiger partial charge on any atom is 0.257 e. The molecule has 122 valence electrons. The molecule has 24 heavy (non-hydrogen) atoms. The van der Waals surface area contributed by atoms with Crippen molar-refractivity contribution in [1.29, 1.82) is 0 Å². The molecule has 0 saturated heterocycles. The van der Waals surface area contributed by atoms with Gasteiger partial charge in [0, 0.05) is 17.7 Å². The van der Waals surface area contributed by atoms with Gasteiger partial charge in [-0.15, -0.1) is 0 Å². The largest absolute Gasteiger partial charge is 0.507 e. The molecule has 2 aromatic carbocycles. The fourth-order valence-corrected chi connectivity index (χ4v) is 2.85. The Morgan fingerprint density at radius 2 is 1.96 bits per heavy atom. The molecule has 0 aliphatic carbocycles. The molecule has 0 fully saturated rings. The highest BCUT2D eigenvalue weighted by Crippen LogP contribution is 2.46. The summed E-state index contributed by atoms with van der Waals surface area (Å²) in [7, 11) is 1.41. The molecule has 1 aromatic heterocycles. The monoisotopic (exact) mass is 328 g/mol. The SMILES string of the molecule is COc1cc(O)c2c(=O)c3c(oc2c1)[C@H](O)Oc1c(O)cccc1-3. The van der Waals surface area contributed by atoms with Crippen LogP contribution in [0.15, 0.2) is 39.5 Å². The normalized spacial score (nSPS) is 15.5. The van der Waals surface area contributed by atoms with E-state index in [1.165, 1.54) is 31.4 Å². The first-order chi connectivity index (χ1) is 11.5. The Balaban J connectivity index is 2.15. The van der Waals surface area contributed by atoms with Gasteiger partial charge in [0.25, 0.3) is 6.29 Å². The lowest BCUT2D eigenvalue weighted by Crippen LogP contribution is -2.20. The van der Waals surface area contributed by atoms with Crippen LogP contribution in [0.25, 0.3) is 22.1 Å². The number of phenolic OH excluding ortho intramolecular Hbond substituents is 2. The Labute approximate surface area is 134 Å². The summed E-state index contributed by atoms with van der Waals surface area (Å²) in [6.07, 6.45) is -1.56. The molecule has 3 aromatic rings. The van der Waals surface area contributed by atoms with Crippen molar-refractivity contribution in [3.63, 3.8) is 0 Å². The number of aliphatic hydroxyl groups excluding tert-OH is 1. The Bertz CT molecular complexity index is 1040. The van der Waals surface area contributed by atoms with Gasteiger partial charge < -0.3 is 29.2 Å². The van der Waals surface area contributed by atoms with Crippen molar-refractivity contribution >= 4 is 11.0 Å². The Morgan fingerprint density at radius 1 is 1.17 bits per heavy atom. The smallest absolute Gasteiger partial charge is 0.257 e. The summed E-state index contributed by atoms with van der Waals surface area (Å²) in [4.78, 5) is 12.9. The predicted octanol–water partition coefficient (Wildman–Crippen LogP) is 2.26. The third-order valence-corrected chi connectivity index (χ3v) is 3.93. The molecule has 7 nitrogen and oxygen atoms in total. The van der Waals surface area contributed by atoms with Gasteiger partial charge in [-0.3, -0.25) is 4.79 Å². The Kier molecular flexibility index (Phi) is 2.94. The zero-order chi connectivity index (χ0) is 17.0. The van der Waals surface area contributed by atoms with Crippen LogP contribution in [-0.2, 0) is 0 Å². The lowest BCUT2D eigenvalue weighted by atomic mass is 9.98. The zero-order valence-electron chi connectivity index (χ0n) is 12.4. The molecule has 0 radical (unpaired) electrons. The number of benzene rings is 2. The lowest BCUT2D eigenvalue weighted by molar-refractivity contribution is -0.0390. The number of aromatic hydroxyl groups is 2. The average Bonchev–Trinajstić information content (AvgIpc) is 2.55. The average molecular weight is 328 g/mol. The minimum Gasteiger partial charge on any atom is -0.507 e. The summed E-state index contributed by atoms with van der Waals surface area (Å²) >= 11 is 0. The van der Waals surface area contributed by atoms with E-state index in [1.54, 1.807) is 6.07 Å². The predicted molar refractivity (Wildman–Crippen MR) is 83.4 cm³/mol. The number of hydrogen-bond donors (Lipinski definition) is 3. The fourth-order valence-electron chi connectivity index (χ4n) is 2.85. The highest BCUT2D eigenvalue weighted by molar-refractivity contribution is 5.90. The molecule has 0 spiro atoms. The fraction of sp³-hybridized carbons (Fsp3) is 0.118. The minimum absolute atomic E-state index is 0.0165. The molecule has 1 aliphatic heterocycles. The van der Waals surface area contributed by atoms with E-state index in [0.717, 1.165) is 0 Å². The molecular weight excluding hydrogens is 316 g/mol. The number of rotatable bonds is 1. The van der Waals surface area contributed by atoms with Gasteiger partial charge in [0.1, 0.15) is 22.5 Å². The van der Waals surface area contributed by atoms with Crippen LogP contribution in [0.4, 0.5) is 0 Å². The van der Waals surface area contributed by atoms with Gasteiger partial charge in [-0.2, -0.15) is 0 Å². The summed E-state index contributed by atoms with van der Waals surface area (Å²) in [6.45, 7) is 0. The van der Waals surface area contributed by atoms with E-state index in [1.807, 2.05) is 0 Å². The first-order valence-corrected chi connectivity index (χ1v) is 7.06. The van der Waals surface area contributed by atoms with Gasteiger partial charge in [0.15, 0.2) is 17.3 Å². The molecule has 2 heterocycles. The van der Waals surface area contributed by atoms with Crippen molar-refractivity contribution in [3.05, 3.63) is 46.3 Å². The van der Waals surface area contributed by atoms with Crippen LogP contribution in [0.5, 0.6) is 23.0 Å². The minimum atomic E-state index is -1.56. The number of aliphatic hydroxyl groups is 1. The molecule has 0 amide bonds. The number of para-hydroxylation sites is 1. The van der Waals surface area contributed by atoms with E-state index in [-0.39, 0.29) is 45.1 Å². The standard InChI is InChI=1S/C17H12O7/c1-22-7-5-10(19)13-11(6-7)23-16-12(14(13)20)8-3-2-4-9(18)15(8)24-17(16)21/h2-6,17-19,21H,1H3/t17-/m1/s1. The van der Waals surface area contributed by atoms with E-state index in [2.05, 4.69) is 0 Å². The summed E-state index contributed by atoms with van der Waals surface area (Å²) in [6, 6.07) is 7.20. The van der Waals surface area contributed by atoms with E-state index in [9.17, 15) is 20.1 Å². The molecular formula is C17H12O7. The summed E-state index contributed by atoms with van der Waals surface area (Å²) in [5.41, 5.74) is -0.170. The van der Waals surface area contributed by atoms with Crippen LogP contribution in [0.1, 0.15) is 12.1 Å². The number of phenols is 2. The molecule has 0 saturated carbocycles. The second kappa shape index (κ2) is 4.90. The number of ether oxygens (including phenoxy) is 2. The van der Waals surface area contributed by atoms with E-state index in [0.29, 0.717) is 5.75 Å². The van der Waals surface area contributed by atoms with Crippen molar-refractivity contribution in [1.82, 2.24) is 0 Å². The van der Waals surface area contributed by atoms with Gasteiger partial charge in [-0.05, 0) is 6.07 Å². The van der Waals surface area contributed by atoms with Crippen molar-refractivity contribution in [3.8, 4) is 34.1 Å². The third kappa shape index (κ3) is 1.85. The van der Waals surface area contributed by atoms with Crippen molar-refractivity contribution in [2.24, 2.45) is 0 Å². The Hall–Kier alpha value is -3.19. The third-order valence-electron chi connectivity index (χ3n) is 3.93. The first-order valence-electron chi connectivity index (χ1n) is 7.06. The van der Waals surface area contributed by atoms with Crippen LogP contribution in [0.3, 0.4) is 0 Å². The molecule has 7 heteroatoms. The second-order valence-electron chi connectivity index (χ2n) is 5.31. The maximum absolute atomic E-state index is 12.9. The summed E-state index contributed by atoms with van der Waals surface area (Å²) in [5.74, 6) is -0.331. The molecule has 4 rings (SSSR count). The van der Waals surface area contributed by atoms with Crippen molar-refractivity contribution in [2.75, 3.05) is 7.11 Å². The van der Waals surface area contributed by atoms with Crippen LogP contribution >= 0.6 is 0 Å². The molecule has 3 N–H and O–H groups in total. The molecule has 0 bridgehead atoms. The topological polar surface area (TPSA) is 109 Å². The van der Waals surface area contributed by atoms with Gasteiger partial charge in [0.2, 0.25) is 5.43 Å². The molecule has 0 unspecified atom stereocenters. The maximum atomic E-state index is 12.9. The first kappa shape index (κ1) is 14.4. The van der Waals surface area contributed by atoms with E-state index >= 15 is 0 Å². The zero-order valence-corrected chi connectivity index (χ0v) is 12.4. The highest BCUT2D eigenvalue weighted by Gasteiger charge is 2.32. The summed E-state index contributed by atoms with van der Waals surface area (Å²) < 4.78 is 15.9. The van der Waals surface area contributed by atoms with Gasteiger partial charge in [0.05, 0.1) is 12.7 Å². The van der Waals surface area contributed by atoms with Gasteiger partial charge >= 0.3 is 0 Å². The van der Waals surface area contributed by atoms with Crippen LogP contribution < -0.4 is 14.9 Å². The Morgan fingerprint density at radius 3 is 2.71 bits per heavy atom. The molecule has 1 aliphatic rings. The van der Waals surface area contributed by atoms with Gasteiger partial charge in [-0.25, -0.2) is 0 Å². The van der Waals surface area contributed by atoms with Gasteiger partial charge in [-0.1, -0.05) is 12.1 Å². The van der Waals surface area contributed by atoms with Crippen molar-refractivity contribution < 1.29 is 29.2 Å². The highest BCUT2D eigenvalue weighted by atomic mass is 16.6.